The van der Waals surface area contributed by atoms with Crippen molar-refractivity contribution in [2.75, 3.05) is 6.61 Å². The number of ether oxygens (including phenoxy) is 1. The number of esters is 1. The van der Waals surface area contributed by atoms with Crippen LogP contribution in [0.15, 0.2) is 31.9 Å². The van der Waals surface area contributed by atoms with Gasteiger partial charge in [-0.1, -0.05) is 5.10 Å². The number of aromatic nitrogens is 4. The summed E-state index contributed by atoms with van der Waals surface area (Å²) < 4.78 is 11.2. The third-order valence-electron chi connectivity index (χ3n) is 2.03. The van der Waals surface area contributed by atoms with Gasteiger partial charge in [0.2, 0.25) is 0 Å². The van der Waals surface area contributed by atoms with Crippen LogP contribution in [0.1, 0.15) is 17.6 Å². The average molecular weight is 282 g/mol. The van der Waals surface area contributed by atoms with Crippen molar-refractivity contribution in [1.29, 1.82) is 0 Å². The molecular weight excluding hydrogens is 272 g/mol. The van der Waals surface area contributed by atoms with Gasteiger partial charge >= 0.3 is 11.9 Å². The first-order chi connectivity index (χ1) is 9.11. The molecule has 2 aromatic rings. The van der Waals surface area contributed by atoms with E-state index in [9.17, 15) is 9.59 Å². The van der Waals surface area contributed by atoms with E-state index >= 15 is 0 Å². The van der Waals surface area contributed by atoms with Gasteiger partial charge in [0.25, 0.3) is 10.8 Å². The molecule has 100 valence electrons. The molecule has 0 aromatic carbocycles. The Morgan fingerprint density at radius 3 is 3.05 bits per heavy atom. The van der Waals surface area contributed by atoms with Crippen molar-refractivity contribution < 1.29 is 13.9 Å². The van der Waals surface area contributed by atoms with Crippen LogP contribution in [-0.4, -0.2) is 32.3 Å². The Labute approximate surface area is 111 Å². The minimum atomic E-state index is -0.698. The van der Waals surface area contributed by atoms with Crippen molar-refractivity contribution in [1.82, 2.24) is 19.7 Å². The standard InChI is InChI=1S/C10H10N4O4S/c1-3-17-9(16)6-12-13-10(18-6)19-7-8(15)14(2)5-4-11-7/h4-5H,3H2,1-2H3. The Morgan fingerprint density at radius 2 is 2.32 bits per heavy atom. The number of carbonyl (C=O) groups is 1. The predicted octanol–water partition coefficient (Wildman–Crippen LogP) is 0.491. The summed E-state index contributed by atoms with van der Waals surface area (Å²) in [5.74, 6) is -0.951. The monoisotopic (exact) mass is 282 g/mol. The normalized spacial score (nSPS) is 10.4. The lowest BCUT2D eigenvalue weighted by molar-refractivity contribution is 0.0475. The summed E-state index contributed by atoms with van der Waals surface area (Å²) in [5.41, 5.74) is -0.289. The molecule has 0 atom stereocenters. The smallest absolute Gasteiger partial charge is 0.396 e. The van der Waals surface area contributed by atoms with Gasteiger partial charge in [-0.25, -0.2) is 9.78 Å². The predicted molar refractivity (Wildman–Crippen MR) is 63.9 cm³/mol. The second kappa shape index (κ2) is 5.65. The highest BCUT2D eigenvalue weighted by Gasteiger charge is 2.17. The molecule has 9 heteroatoms. The van der Waals surface area contributed by atoms with Gasteiger partial charge in [0.15, 0.2) is 5.03 Å². The second-order valence-electron chi connectivity index (χ2n) is 3.34. The van der Waals surface area contributed by atoms with Gasteiger partial charge in [0, 0.05) is 19.4 Å². The quantitative estimate of drug-likeness (QED) is 0.747. The first kappa shape index (κ1) is 13.3. The highest BCUT2D eigenvalue weighted by molar-refractivity contribution is 7.99. The first-order valence-corrected chi connectivity index (χ1v) is 6.13. The Bertz CT molecular complexity index is 651. The van der Waals surface area contributed by atoms with Crippen LogP contribution in [0.5, 0.6) is 0 Å². The minimum absolute atomic E-state index is 0.0545. The van der Waals surface area contributed by atoms with Gasteiger partial charge in [-0.3, -0.25) is 4.79 Å². The molecule has 0 spiro atoms. The number of nitrogens with zero attached hydrogens (tertiary/aromatic N) is 4. The van der Waals surface area contributed by atoms with Gasteiger partial charge in [0.05, 0.1) is 6.61 Å². The number of hydrogen-bond donors (Lipinski definition) is 0. The van der Waals surface area contributed by atoms with Crippen molar-refractivity contribution in [3.8, 4) is 0 Å². The second-order valence-corrected chi connectivity index (χ2v) is 4.28. The zero-order chi connectivity index (χ0) is 13.8. The Kier molecular flexibility index (Phi) is 3.95. The number of aryl methyl sites for hydroxylation is 1. The highest BCUT2D eigenvalue weighted by atomic mass is 32.2. The van der Waals surface area contributed by atoms with E-state index in [1.54, 1.807) is 14.0 Å². The van der Waals surface area contributed by atoms with Crippen molar-refractivity contribution in [3.05, 3.63) is 28.6 Å². The van der Waals surface area contributed by atoms with Crippen molar-refractivity contribution in [2.45, 2.75) is 17.2 Å². The van der Waals surface area contributed by atoms with E-state index in [4.69, 9.17) is 9.15 Å². The lowest BCUT2D eigenvalue weighted by Crippen LogP contribution is -2.18. The van der Waals surface area contributed by atoms with Crippen LogP contribution in [0.2, 0.25) is 0 Å². The number of rotatable bonds is 4. The summed E-state index contributed by atoms with van der Waals surface area (Å²) in [7, 11) is 1.60. The number of hydrogen-bond acceptors (Lipinski definition) is 8. The maximum Gasteiger partial charge on any atom is 0.396 e. The van der Waals surface area contributed by atoms with Crippen LogP contribution in [0, 0.1) is 0 Å². The van der Waals surface area contributed by atoms with Crippen molar-refractivity contribution in [3.63, 3.8) is 0 Å². The van der Waals surface area contributed by atoms with Crippen LogP contribution >= 0.6 is 11.8 Å². The molecule has 0 fully saturated rings. The molecule has 0 unspecified atom stereocenters. The van der Waals surface area contributed by atoms with E-state index in [0.29, 0.717) is 0 Å². The molecule has 0 radical (unpaired) electrons. The van der Waals surface area contributed by atoms with E-state index in [1.165, 1.54) is 17.0 Å². The summed E-state index contributed by atoms with van der Waals surface area (Å²) in [5, 5.41) is 7.42. The van der Waals surface area contributed by atoms with E-state index < -0.39 is 5.97 Å². The van der Waals surface area contributed by atoms with E-state index in [-0.39, 0.29) is 28.3 Å². The van der Waals surface area contributed by atoms with E-state index in [2.05, 4.69) is 15.2 Å². The van der Waals surface area contributed by atoms with Crippen LogP contribution in [0.25, 0.3) is 0 Å². The summed E-state index contributed by atoms with van der Waals surface area (Å²) >= 11 is 0.892. The fourth-order valence-electron chi connectivity index (χ4n) is 1.15. The highest BCUT2D eigenvalue weighted by Crippen LogP contribution is 2.21. The minimum Gasteiger partial charge on any atom is -0.459 e. The van der Waals surface area contributed by atoms with Crippen molar-refractivity contribution >= 4 is 17.7 Å². The van der Waals surface area contributed by atoms with Crippen LogP contribution in [-0.2, 0) is 11.8 Å². The summed E-state index contributed by atoms with van der Waals surface area (Å²) in [6.45, 7) is 1.88. The third kappa shape index (κ3) is 2.99. The topological polar surface area (TPSA) is 100 Å². The molecule has 2 aromatic heterocycles. The molecule has 2 heterocycles. The molecule has 0 amide bonds. The lowest BCUT2D eigenvalue weighted by atomic mass is 10.7. The Balaban J connectivity index is 2.18. The molecule has 0 N–H and O–H groups in total. The summed E-state index contributed by atoms with van der Waals surface area (Å²) in [4.78, 5) is 26.9. The molecule has 8 nitrogen and oxygen atoms in total. The zero-order valence-corrected chi connectivity index (χ0v) is 11.0. The molecule has 0 aliphatic rings. The molecule has 0 bridgehead atoms. The molecule has 0 saturated heterocycles. The van der Waals surface area contributed by atoms with Crippen LogP contribution in [0.4, 0.5) is 0 Å². The van der Waals surface area contributed by atoms with Crippen LogP contribution < -0.4 is 5.56 Å². The summed E-state index contributed by atoms with van der Waals surface area (Å²) in [6.07, 6.45) is 3.01. The van der Waals surface area contributed by atoms with Gasteiger partial charge in [0.1, 0.15) is 0 Å². The Hall–Kier alpha value is -2.16. The zero-order valence-electron chi connectivity index (χ0n) is 10.2. The molecule has 19 heavy (non-hydrogen) atoms. The number of carbonyl (C=O) groups excluding carboxylic acids is 1. The van der Waals surface area contributed by atoms with Crippen molar-refractivity contribution in [2.24, 2.45) is 7.05 Å². The SMILES string of the molecule is CCOC(=O)c1nnc(Sc2nccn(C)c2=O)o1. The molecule has 0 aliphatic carbocycles. The fraction of sp³-hybridized carbons (Fsp3) is 0.300. The lowest BCUT2D eigenvalue weighted by Gasteiger charge is -1.98. The van der Waals surface area contributed by atoms with Gasteiger partial charge in [-0.2, -0.15) is 0 Å². The maximum absolute atomic E-state index is 11.7. The molecule has 0 aliphatic heterocycles. The van der Waals surface area contributed by atoms with Crippen LogP contribution in [0.3, 0.4) is 0 Å². The molecule has 2 rings (SSSR count). The van der Waals surface area contributed by atoms with Gasteiger partial charge in [-0.05, 0) is 18.7 Å². The first-order valence-electron chi connectivity index (χ1n) is 5.32. The molecule has 0 saturated carbocycles. The maximum atomic E-state index is 11.7. The third-order valence-corrected chi connectivity index (χ3v) is 2.84. The summed E-state index contributed by atoms with van der Waals surface area (Å²) in [6, 6.07) is 0. The fourth-order valence-corrected chi connectivity index (χ4v) is 1.87. The van der Waals surface area contributed by atoms with E-state index in [1.807, 2.05) is 0 Å². The van der Waals surface area contributed by atoms with E-state index in [0.717, 1.165) is 11.8 Å². The Morgan fingerprint density at radius 1 is 1.53 bits per heavy atom. The average Bonchev–Trinajstić information content (AvgIpc) is 2.84. The van der Waals surface area contributed by atoms with Gasteiger partial charge < -0.3 is 13.7 Å². The van der Waals surface area contributed by atoms with Gasteiger partial charge in [-0.15, -0.1) is 5.10 Å². The largest absolute Gasteiger partial charge is 0.459 e. The molecular formula is C10H10N4O4S.